The largest absolute Gasteiger partial charge is 0.249 e. The zero-order valence-corrected chi connectivity index (χ0v) is 8.23. The molecule has 0 fully saturated rings. The molecule has 70 valence electrons. The highest BCUT2D eigenvalue weighted by atomic mass is 15.3. The molecule has 0 N–H and O–H groups in total. The van der Waals surface area contributed by atoms with E-state index in [-0.39, 0.29) is 6.04 Å². The van der Waals surface area contributed by atoms with Gasteiger partial charge in [0.05, 0.1) is 18.5 Å². The van der Waals surface area contributed by atoms with Crippen molar-refractivity contribution >= 4 is 0 Å². The van der Waals surface area contributed by atoms with Gasteiger partial charge in [0, 0.05) is 5.92 Å². The van der Waals surface area contributed by atoms with Gasteiger partial charge in [-0.1, -0.05) is 13.8 Å². The van der Waals surface area contributed by atoms with Gasteiger partial charge in [-0.3, -0.25) is 0 Å². The van der Waals surface area contributed by atoms with Crippen molar-refractivity contribution in [3.8, 4) is 6.07 Å². The monoisotopic (exact) mass is 178 g/mol. The highest BCUT2D eigenvalue weighted by Crippen LogP contribution is 2.11. The first-order valence-corrected chi connectivity index (χ1v) is 4.43. The Hall–Kier alpha value is -1.37. The molecule has 4 nitrogen and oxygen atoms in total. The van der Waals surface area contributed by atoms with E-state index < -0.39 is 0 Å². The van der Waals surface area contributed by atoms with Crippen LogP contribution in [0.1, 0.15) is 45.0 Å². The lowest BCUT2D eigenvalue weighted by molar-refractivity contribution is 0.492. The van der Waals surface area contributed by atoms with Gasteiger partial charge in [-0.25, -0.2) is 9.67 Å². The summed E-state index contributed by atoms with van der Waals surface area (Å²) in [4.78, 5) is 4.16. The topological polar surface area (TPSA) is 54.5 Å². The predicted molar refractivity (Wildman–Crippen MR) is 49.1 cm³/mol. The highest BCUT2D eigenvalue weighted by molar-refractivity contribution is 4.90. The number of nitriles is 1. The van der Waals surface area contributed by atoms with Gasteiger partial charge in [0.25, 0.3) is 0 Å². The number of rotatable bonds is 3. The molecule has 0 saturated heterocycles. The maximum atomic E-state index is 8.50. The van der Waals surface area contributed by atoms with Crippen LogP contribution in [-0.2, 0) is 0 Å². The summed E-state index contributed by atoms with van der Waals surface area (Å²) >= 11 is 0. The van der Waals surface area contributed by atoms with Crippen LogP contribution in [0.4, 0.5) is 0 Å². The van der Waals surface area contributed by atoms with Crippen LogP contribution in [0.2, 0.25) is 0 Å². The van der Waals surface area contributed by atoms with Gasteiger partial charge in [0.1, 0.15) is 6.33 Å². The summed E-state index contributed by atoms with van der Waals surface area (Å²) in [7, 11) is 0. The van der Waals surface area contributed by atoms with Crippen molar-refractivity contribution in [1.29, 1.82) is 5.26 Å². The third kappa shape index (κ3) is 2.28. The van der Waals surface area contributed by atoms with Crippen molar-refractivity contribution in [1.82, 2.24) is 14.8 Å². The quantitative estimate of drug-likeness (QED) is 0.710. The number of hydrogen-bond acceptors (Lipinski definition) is 3. The average molecular weight is 178 g/mol. The molecule has 0 aliphatic rings. The fraction of sp³-hybridized carbons (Fsp3) is 0.667. The molecule has 1 aromatic rings. The van der Waals surface area contributed by atoms with Crippen LogP contribution in [0.25, 0.3) is 0 Å². The Morgan fingerprint density at radius 2 is 2.23 bits per heavy atom. The van der Waals surface area contributed by atoms with Crippen LogP contribution in [0.15, 0.2) is 6.33 Å². The molecule has 0 spiro atoms. The van der Waals surface area contributed by atoms with Crippen LogP contribution in [0.3, 0.4) is 0 Å². The van der Waals surface area contributed by atoms with Crippen molar-refractivity contribution in [2.24, 2.45) is 0 Å². The molecule has 0 aromatic carbocycles. The maximum absolute atomic E-state index is 8.50. The van der Waals surface area contributed by atoms with Gasteiger partial charge in [-0.15, -0.1) is 0 Å². The van der Waals surface area contributed by atoms with Crippen molar-refractivity contribution in [2.75, 3.05) is 0 Å². The lowest BCUT2D eigenvalue weighted by atomic mass is 10.2. The van der Waals surface area contributed by atoms with E-state index in [0.29, 0.717) is 12.3 Å². The minimum Gasteiger partial charge on any atom is -0.249 e. The third-order valence-corrected chi connectivity index (χ3v) is 1.88. The molecule has 0 aliphatic carbocycles. The Morgan fingerprint density at radius 1 is 1.54 bits per heavy atom. The van der Waals surface area contributed by atoms with Gasteiger partial charge < -0.3 is 0 Å². The van der Waals surface area contributed by atoms with E-state index >= 15 is 0 Å². The standard InChI is InChI=1S/C9H14N4/c1-7(2)9-11-6-13(12-9)8(3)4-5-10/h6-8H,4H2,1-3H3. The lowest BCUT2D eigenvalue weighted by Gasteiger charge is -2.05. The summed E-state index contributed by atoms with van der Waals surface area (Å²) in [6, 6.07) is 2.23. The Morgan fingerprint density at radius 3 is 2.69 bits per heavy atom. The lowest BCUT2D eigenvalue weighted by Crippen LogP contribution is -2.05. The van der Waals surface area contributed by atoms with Gasteiger partial charge in [0.2, 0.25) is 0 Å². The summed E-state index contributed by atoms with van der Waals surface area (Å²) in [6.45, 7) is 6.06. The first kappa shape index (κ1) is 9.72. The summed E-state index contributed by atoms with van der Waals surface area (Å²) in [6.07, 6.45) is 2.16. The first-order valence-electron chi connectivity index (χ1n) is 4.43. The number of nitrogens with zero attached hydrogens (tertiary/aromatic N) is 4. The second-order valence-corrected chi connectivity index (χ2v) is 3.45. The molecule has 13 heavy (non-hydrogen) atoms. The molecule has 0 aliphatic heterocycles. The minimum atomic E-state index is 0.116. The summed E-state index contributed by atoms with van der Waals surface area (Å²) in [5.74, 6) is 1.18. The van der Waals surface area contributed by atoms with E-state index in [0.717, 1.165) is 5.82 Å². The Kier molecular flexibility index (Phi) is 3.02. The summed E-state index contributed by atoms with van der Waals surface area (Å²) < 4.78 is 1.75. The van der Waals surface area contributed by atoms with E-state index in [1.54, 1.807) is 11.0 Å². The Balaban J connectivity index is 2.74. The van der Waals surface area contributed by atoms with Crippen molar-refractivity contribution in [3.05, 3.63) is 12.2 Å². The molecule has 0 radical (unpaired) electrons. The normalized spacial score (nSPS) is 12.8. The van der Waals surface area contributed by atoms with E-state index in [1.165, 1.54) is 0 Å². The summed E-state index contributed by atoms with van der Waals surface area (Å²) in [5, 5.41) is 12.8. The van der Waals surface area contributed by atoms with Gasteiger partial charge in [0.15, 0.2) is 5.82 Å². The third-order valence-electron chi connectivity index (χ3n) is 1.88. The molecule has 0 bridgehead atoms. The smallest absolute Gasteiger partial charge is 0.153 e. The zero-order chi connectivity index (χ0) is 9.84. The minimum absolute atomic E-state index is 0.116. The zero-order valence-electron chi connectivity index (χ0n) is 8.23. The molecule has 4 heteroatoms. The highest BCUT2D eigenvalue weighted by Gasteiger charge is 2.09. The molecular formula is C9H14N4. The maximum Gasteiger partial charge on any atom is 0.153 e. The first-order chi connectivity index (χ1) is 6.15. The molecule has 1 heterocycles. The van der Waals surface area contributed by atoms with Gasteiger partial charge >= 0.3 is 0 Å². The van der Waals surface area contributed by atoms with E-state index in [4.69, 9.17) is 5.26 Å². The predicted octanol–water partition coefficient (Wildman–Crippen LogP) is 1.88. The fourth-order valence-electron chi connectivity index (χ4n) is 0.991. The molecule has 1 aromatic heterocycles. The molecule has 1 rings (SSSR count). The van der Waals surface area contributed by atoms with Crippen LogP contribution in [0.5, 0.6) is 0 Å². The fourth-order valence-corrected chi connectivity index (χ4v) is 0.991. The van der Waals surface area contributed by atoms with E-state index in [9.17, 15) is 0 Å². The van der Waals surface area contributed by atoms with Gasteiger partial charge in [-0.05, 0) is 6.92 Å². The van der Waals surface area contributed by atoms with Crippen molar-refractivity contribution in [2.45, 2.75) is 39.2 Å². The molecule has 0 saturated carbocycles. The number of aromatic nitrogens is 3. The van der Waals surface area contributed by atoms with Gasteiger partial charge in [-0.2, -0.15) is 10.4 Å². The average Bonchev–Trinajstić information content (AvgIpc) is 2.52. The van der Waals surface area contributed by atoms with Crippen LogP contribution >= 0.6 is 0 Å². The SMILES string of the molecule is CC(C)c1ncn(C(C)CC#N)n1. The van der Waals surface area contributed by atoms with E-state index in [1.807, 2.05) is 6.92 Å². The Labute approximate surface area is 78.2 Å². The second-order valence-electron chi connectivity index (χ2n) is 3.45. The molecular weight excluding hydrogens is 164 g/mol. The molecule has 1 atom stereocenters. The molecule has 0 amide bonds. The van der Waals surface area contributed by atoms with Crippen molar-refractivity contribution < 1.29 is 0 Å². The van der Waals surface area contributed by atoms with Crippen LogP contribution in [0, 0.1) is 11.3 Å². The van der Waals surface area contributed by atoms with E-state index in [2.05, 4.69) is 30.0 Å². The van der Waals surface area contributed by atoms with Crippen molar-refractivity contribution in [3.63, 3.8) is 0 Å². The van der Waals surface area contributed by atoms with Crippen LogP contribution < -0.4 is 0 Å². The number of hydrogen-bond donors (Lipinski definition) is 0. The molecule has 1 unspecified atom stereocenters. The Bertz CT molecular complexity index is 308. The van der Waals surface area contributed by atoms with Crippen LogP contribution in [-0.4, -0.2) is 14.8 Å². The summed E-state index contributed by atoms with van der Waals surface area (Å²) in [5.41, 5.74) is 0. The second kappa shape index (κ2) is 4.04.